The normalized spacial score (nSPS) is 13.2. The number of benzene rings is 6. The summed E-state index contributed by atoms with van der Waals surface area (Å²) in [5, 5.41) is 5.05. The third kappa shape index (κ3) is 4.38. The summed E-state index contributed by atoms with van der Waals surface area (Å²) in [6.45, 7) is 4.64. The van der Waals surface area contributed by atoms with Crippen LogP contribution in [0.3, 0.4) is 0 Å². The van der Waals surface area contributed by atoms with E-state index in [4.69, 9.17) is 9.97 Å². The molecule has 250 valence electrons. The van der Waals surface area contributed by atoms with E-state index < -0.39 is 0 Å². The van der Waals surface area contributed by atoms with Crippen LogP contribution in [0.25, 0.3) is 92.7 Å². The summed E-state index contributed by atoms with van der Waals surface area (Å²) in [4.78, 5) is 15.2. The lowest BCUT2D eigenvalue weighted by Crippen LogP contribution is -2.17. The number of hydrogen-bond acceptors (Lipinski definition) is 4. The monoisotopic (exact) mass is 696 g/mol. The molecule has 0 bridgehead atoms. The molecule has 6 aromatic carbocycles. The Morgan fingerprint density at radius 1 is 0.566 bits per heavy atom. The zero-order valence-corrected chi connectivity index (χ0v) is 30.0. The molecule has 0 radical (unpaired) electrons. The van der Waals surface area contributed by atoms with Crippen LogP contribution >= 0.6 is 11.3 Å². The van der Waals surface area contributed by atoms with Crippen LogP contribution in [0, 0.1) is 0 Å². The van der Waals surface area contributed by atoms with Crippen LogP contribution in [-0.4, -0.2) is 19.5 Å². The Morgan fingerprint density at radius 3 is 2.13 bits per heavy atom. The Labute approximate surface area is 310 Å². The van der Waals surface area contributed by atoms with Crippen LogP contribution in [0.15, 0.2) is 158 Å². The van der Waals surface area contributed by atoms with Gasteiger partial charge in [-0.1, -0.05) is 117 Å². The highest BCUT2D eigenvalue weighted by atomic mass is 32.1. The van der Waals surface area contributed by atoms with E-state index >= 15 is 0 Å². The van der Waals surface area contributed by atoms with Gasteiger partial charge in [0.2, 0.25) is 0 Å². The van der Waals surface area contributed by atoms with E-state index in [1.54, 1.807) is 0 Å². The van der Waals surface area contributed by atoms with E-state index in [1.807, 2.05) is 35.9 Å². The van der Waals surface area contributed by atoms with Crippen molar-refractivity contribution < 1.29 is 0 Å². The van der Waals surface area contributed by atoms with Crippen molar-refractivity contribution in [1.82, 2.24) is 19.5 Å². The number of thiophene rings is 1. The van der Waals surface area contributed by atoms with E-state index in [2.05, 4.69) is 157 Å². The fraction of sp³-hybridized carbons (Fsp3) is 0.0625. The smallest absolute Gasteiger partial charge is 0.160 e. The number of hydrogen-bond donors (Lipinski definition) is 0. The van der Waals surface area contributed by atoms with Crippen molar-refractivity contribution in [3.63, 3.8) is 0 Å². The lowest BCUT2D eigenvalue weighted by molar-refractivity contribution is 0.658. The van der Waals surface area contributed by atoms with Gasteiger partial charge in [0.25, 0.3) is 0 Å². The zero-order valence-electron chi connectivity index (χ0n) is 29.2. The maximum absolute atomic E-state index is 5.56. The first kappa shape index (κ1) is 30.2. The first-order valence-corrected chi connectivity index (χ1v) is 18.8. The van der Waals surface area contributed by atoms with Crippen molar-refractivity contribution in [2.24, 2.45) is 0 Å². The summed E-state index contributed by atoms with van der Waals surface area (Å²) in [6, 6.07) is 52.3. The second-order valence-corrected chi connectivity index (χ2v) is 15.5. The van der Waals surface area contributed by atoms with Gasteiger partial charge in [0.05, 0.1) is 22.4 Å². The van der Waals surface area contributed by atoms with Crippen molar-refractivity contribution in [2.75, 3.05) is 0 Å². The number of fused-ring (bicyclic) bond motifs is 10. The average molecular weight is 697 g/mol. The van der Waals surface area contributed by atoms with Crippen molar-refractivity contribution >= 4 is 53.3 Å². The lowest BCUT2D eigenvalue weighted by atomic mass is 9.80. The molecule has 1 aliphatic carbocycles. The van der Waals surface area contributed by atoms with E-state index in [0.717, 1.165) is 45.2 Å². The van der Waals surface area contributed by atoms with Crippen molar-refractivity contribution in [3.8, 4) is 50.7 Å². The minimum Gasteiger partial charge on any atom is -0.309 e. The molecule has 0 spiro atoms. The minimum absolute atomic E-state index is 0.287. The Morgan fingerprint density at radius 2 is 1.26 bits per heavy atom. The second kappa shape index (κ2) is 11.3. The highest BCUT2D eigenvalue weighted by molar-refractivity contribution is 7.26. The maximum Gasteiger partial charge on any atom is 0.160 e. The molecule has 0 amide bonds. The Balaban J connectivity index is 1.22. The third-order valence-corrected chi connectivity index (χ3v) is 12.3. The molecule has 4 nitrogen and oxygen atoms in total. The molecular formula is C48H32N4S. The standard InChI is InChI=1S/C48H32N4S/c1-48(2)38-20-8-6-17-35(38)43-42(48)44(51-47(50-43)31-13-10-12-30(28-31)29-24-26-49-27-25-29)37-19-11-18-36-41-40(53-46(36)37)23-22-34-33-16-7-9-21-39(33)52(45(34)41)32-14-4-3-5-15-32/h3-28H,1-2H3. The number of pyridine rings is 1. The molecule has 10 aromatic rings. The van der Waals surface area contributed by atoms with Gasteiger partial charge in [-0.05, 0) is 59.2 Å². The third-order valence-electron chi connectivity index (χ3n) is 11.1. The van der Waals surface area contributed by atoms with Gasteiger partial charge < -0.3 is 4.57 Å². The maximum atomic E-state index is 5.56. The summed E-state index contributed by atoms with van der Waals surface area (Å²) in [6.07, 6.45) is 3.67. The van der Waals surface area contributed by atoms with Gasteiger partial charge in [-0.3, -0.25) is 4.98 Å². The molecular weight excluding hydrogens is 665 g/mol. The molecule has 0 unspecified atom stereocenters. The first-order valence-electron chi connectivity index (χ1n) is 18.0. The molecule has 5 heteroatoms. The predicted molar refractivity (Wildman–Crippen MR) is 221 cm³/mol. The molecule has 0 saturated heterocycles. The van der Waals surface area contributed by atoms with Crippen molar-refractivity contribution in [1.29, 1.82) is 0 Å². The quantitative estimate of drug-likeness (QED) is 0.184. The van der Waals surface area contributed by atoms with Gasteiger partial charge >= 0.3 is 0 Å². The van der Waals surface area contributed by atoms with Crippen molar-refractivity contribution in [2.45, 2.75) is 19.3 Å². The molecule has 0 N–H and O–H groups in total. The SMILES string of the molecule is CC1(C)c2ccccc2-c2nc(-c3cccc(-c4ccncc4)c3)nc(-c3cccc4c3sc3ccc5c6ccccc6n(-c6ccccc6)c5c34)c21. The van der Waals surface area contributed by atoms with Crippen LogP contribution in [0.4, 0.5) is 0 Å². The fourth-order valence-corrected chi connectivity index (χ4v) is 9.91. The Kier molecular flexibility index (Phi) is 6.43. The zero-order chi connectivity index (χ0) is 35.3. The largest absolute Gasteiger partial charge is 0.309 e. The van der Waals surface area contributed by atoms with E-state index in [-0.39, 0.29) is 5.41 Å². The van der Waals surface area contributed by atoms with E-state index in [1.165, 1.54) is 58.7 Å². The number of nitrogens with zero attached hydrogens (tertiary/aromatic N) is 4. The van der Waals surface area contributed by atoms with E-state index in [0.29, 0.717) is 0 Å². The van der Waals surface area contributed by atoms with Gasteiger partial charge in [-0.2, -0.15) is 0 Å². The Bertz CT molecular complexity index is 3080. The van der Waals surface area contributed by atoms with Crippen LogP contribution in [-0.2, 0) is 5.41 Å². The topological polar surface area (TPSA) is 43.6 Å². The minimum atomic E-state index is -0.287. The molecule has 0 saturated carbocycles. The van der Waals surface area contributed by atoms with Crippen LogP contribution in [0.5, 0.6) is 0 Å². The molecule has 0 fully saturated rings. The molecule has 0 aliphatic heterocycles. The number of rotatable bonds is 4. The van der Waals surface area contributed by atoms with Gasteiger partial charge in [-0.25, -0.2) is 9.97 Å². The molecule has 53 heavy (non-hydrogen) atoms. The molecule has 4 aromatic heterocycles. The van der Waals surface area contributed by atoms with Gasteiger partial charge in [0.15, 0.2) is 5.82 Å². The molecule has 1 aliphatic rings. The fourth-order valence-electron chi connectivity index (χ4n) is 8.69. The second-order valence-electron chi connectivity index (χ2n) is 14.4. The highest BCUT2D eigenvalue weighted by Crippen LogP contribution is 2.53. The lowest BCUT2D eigenvalue weighted by Gasteiger charge is -2.24. The van der Waals surface area contributed by atoms with Crippen LogP contribution < -0.4 is 0 Å². The van der Waals surface area contributed by atoms with Gasteiger partial charge in [0.1, 0.15) is 0 Å². The summed E-state index contributed by atoms with van der Waals surface area (Å²) in [5.74, 6) is 0.729. The summed E-state index contributed by atoms with van der Waals surface area (Å²) in [7, 11) is 0. The number of para-hydroxylation sites is 2. The van der Waals surface area contributed by atoms with Gasteiger partial charge in [0, 0.05) is 76.7 Å². The Hall–Kier alpha value is -6.43. The summed E-state index contributed by atoms with van der Waals surface area (Å²) < 4.78 is 4.95. The molecule has 4 heterocycles. The van der Waals surface area contributed by atoms with Crippen LogP contribution in [0.2, 0.25) is 0 Å². The predicted octanol–water partition coefficient (Wildman–Crippen LogP) is 12.6. The van der Waals surface area contributed by atoms with Crippen LogP contribution in [0.1, 0.15) is 25.0 Å². The van der Waals surface area contributed by atoms with Crippen molar-refractivity contribution in [3.05, 3.63) is 169 Å². The highest BCUT2D eigenvalue weighted by Gasteiger charge is 2.40. The first-order chi connectivity index (χ1) is 26.1. The van der Waals surface area contributed by atoms with E-state index in [9.17, 15) is 0 Å². The summed E-state index contributed by atoms with van der Waals surface area (Å²) in [5.41, 5.74) is 13.3. The summed E-state index contributed by atoms with van der Waals surface area (Å²) >= 11 is 1.86. The number of aromatic nitrogens is 4. The molecule has 11 rings (SSSR count). The molecule has 0 atom stereocenters. The van der Waals surface area contributed by atoms with Gasteiger partial charge in [-0.15, -0.1) is 11.3 Å². The average Bonchev–Trinajstić information content (AvgIpc) is 3.84.